The van der Waals surface area contributed by atoms with Crippen molar-refractivity contribution in [1.29, 1.82) is 0 Å². The number of esters is 1. The fraction of sp³-hybridized carbons (Fsp3) is 0.182. The quantitative estimate of drug-likeness (QED) is 0.450. The van der Waals surface area contributed by atoms with Crippen molar-refractivity contribution in [1.82, 2.24) is 9.97 Å². The van der Waals surface area contributed by atoms with Crippen molar-refractivity contribution in [2.24, 2.45) is 0 Å². The maximum atomic E-state index is 12.3. The van der Waals surface area contributed by atoms with Gasteiger partial charge in [0.05, 0.1) is 5.69 Å². The number of rotatable bonds is 5. The van der Waals surface area contributed by atoms with Crippen LogP contribution in [-0.2, 0) is 11.3 Å². The third-order valence-corrected chi connectivity index (χ3v) is 5.42. The molecule has 2 heterocycles. The van der Waals surface area contributed by atoms with Gasteiger partial charge in [-0.15, -0.1) is 11.3 Å². The molecule has 4 aromatic rings. The highest BCUT2D eigenvalue weighted by molar-refractivity contribution is 7.13. The molecule has 4 rings (SSSR count). The van der Waals surface area contributed by atoms with E-state index in [0.29, 0.717) is 11.6 Å². The number of fused-ring (bicyclic) bond motifs is 1. The Balaban J connectivity index is 1.42. The van der Waals surface area contributed by atoms with Crippen molar-refractivity contribution >= 4 is 28.2 Å². The SMILES string of the molecule is CC(C)c1ccc(-c2nc(COC(=O)c3cc4ccccc4[nH]3)cs2)cc1. The molecule has 0 atom stereocenters. The van der Waals surface area contributed by atoms with Gasteiger partial charge in [0.15, 0.2) is 0 Å². The first kappa shape index (κ1) is 17.5. The Bertz CT molecular complexity index is 1040. The lowest BCUT2D eigenvalue weighted by atomic mass is 10.0. The topological polar surface area (TPSA) is 55.0 Å². The molecule has 2 aromatic carbocycles. The number of aromatic nitrogens is 2. The van der Waals surface area contributed by atoms with Crippen molar-refractivity contribution in [3.05, 3.63) is 76.9 Å². The standard InChI is InChI=1S/C22H20N2O2S/c1-14(2)15-7-9-16(10-8-15)21-23-18(13-27-21)12-26-22(25)20-11-17-5-3-4-6-19(17)24-20/h3-11,13-14,24H,12H2,1-2H3. The fourth-order valence-electron chi connectivity index (χ4n) is 2.92. The molecule has 0 aliphatic carbocycles. The summed E-state index contributed by atoms with van der Waals surface area (Å²) in [5, 5.41) is 3.86. The van der Waals surface area contributed by atoms with Crippen LogP contribution in [0.1, 0.15) is 41.5 Å². The highest BCUT2D eigenvalue weighted by atomic mass is 32.1. The predicted molar refractivity (Wildman–Crippen MR) is 109 cm³/mol. The minimum absolute atomic E-state index is 0.161. The maximum absolute atomic E-state index is 12.3. The summed E-state index contributed by atoms with van der Waals surface area (Å²) in [6, 6.07) is 18.0. The lowest BCUT2D eigenvalue weighted by molar-refractivity contribution is 0.0462. The third-order valence-electron chi connectivity index (χ3n) is 4.48. The molecule has 0 bridgehead atoms. The van der Waals surface area contributed by atoms with E-state index in [-0.39, 0.29) is 12.6 Å². The largest absolute Gasteiger partial charge is 0.454 e. The number of hydrogen-bond donors (Lipinski definition) is 1. The molecule has 27 heavy (non-hydrogen) atoms. The van der Waals surface area contributed by atoms with Gasteiger partial charge in [-0.2, -0.15) is 0 Å². The van der Waals surface area contributed by atoms with Gasteiger partial charge in [-0.1, -0.05) is 56.3 Å². The molecule has 0 fully saturated rings. The van der Waals surface area contributed by atoms with E-state index < -0.39 is 0 Å². The van der Waals surface area contributed by atoms with Gasteiger partial charge in [-0.3, -0.25) is 0 Å². The number of aromatic amines is 1. The average molecular weight is 376 g/mol. The number of hydrogen-bond acceptors (Lipinski definition) is 4. The van der Waals surface area contributed by atoms with Crippen LogP contribution in [0.3, 0.4) is 0 Å². The number of ether oxygens (including phenoxy) is 1. The van der Waals surface area contributed by atoms with Crippen LogP contribution >= 0.6 is 11.3 Å². The Morgan fingerprint density at radius 2 is 1.93 bits per heavy atom. The lowest BCUT2D eigenvalue weighted by Crippen LogP contribution is -2.05. The lowest BCUT2D eigenvalue weighted by Gasteiger charge is -2.05. The summed E-state index contributed by atoms with van der Waals surface area (Å²) >= 11 is 1.56. The molecular formula is C22H20N2O2S. The van der Waals surface area contributed by atoms with Crippen LogP contribution in [0, 0.1) is 0 Å². The number of H-pyrrole nitrogens is 1. The summed E-state index contributed by atoms with van der Waals surface area (Å²) in [4.78, 5) is 20.0. The van der Waals surface area contributed by atoms with Crippen LogP contribution in [0.4, 0.5) is 0 Å². The van der Waals surface area contributed by atoms with Gasteiger partial charge in [-0.25, -0.2) is 9.78 Å². The van der Waals surface area contributed by atoms with Crippen LogP contribution < -0.4 is 0 Å². The molecule has 5 heteroatoms. The molecule has 0 aliphatic rings. The second-order valence-electron chi connectivity index (χ2n) is 6.77. The van der Waals surface area contributed by atoms with Crippen LogP contribution in [0.5, 0.6) is 0 Å². The normalized spacial score (nSPS) is 11.2. The predicted octanol–water partition coefficient (Wildman–Crippen LogP) is 5.77. The van der Waals surface area contributed by atoms with Crippen molar-refractivity contribution < 1.29 is 9.53 Å². The monoisotopic (exact) mass is 376 g/mol. The van der Waals surface area contributed by atoms with E-state index in [1.165, 1.54) is 5.56 Å². The van der Waals surface area contributed by atoms with Crippen LogP contribution in [0.15, 0.2) is 60.0 Å². The summed E-state index contributed by atoms with van der Waals surface area (Å²) in [5.41, 5.74) is 4.52. The van der Waals surface area contributed by atoms with E-state index in [2.05, 4.69) is 48.1 Å². The van der Waals surface area contributed by atoms with E-state index in [1.54, 1.807) is 17.4 Å². The molecule has 0 saturated heterocycles. The van der Waals surface area contributed by atoms with Crippen LogP contribution in [0.2, 0.25) is 0 Å². The second-order valence-corrected chi connectivity index (χ2v) is 7.63. The molecule has 0 spiro atoms. The highest BCUT2D eigenvalue weighted by Crippen LogP contribution is 2.26. The Morgan fingerprint density at radius 3 is 2.67 bits per heavy atom. The summed E-state index contributed by atoms with van der Waals surface area (Å²) in [7, 11) is 0. The zero-order valence-corrected chi connectivity index (χ0v) is 16.0. The first-order chi connectivity index (χ1) is 13.1. The minimum atomic E-state index is -0.373. The Kier molecular flexibility index (Phi) is 4.77. The molecule has 136 valence electrons. The van der Waals surface area contributed by atoms with Crippen molar-refractivity contribution in [2.45, 2.75) is 26.4 Å². The zero-order chi connectivity index (χ0) is 18.8. The number of carbonyl (C=O) groups excluding carboxylic acids is 1. The van der Waals surface area contributed by atoms with E-state index in [0.717, 1.165) is 27.2 Å². The molecule has 0 radical (unpaired) electrons. The minimum Gasteiger partial charge on any atom is -0.454 e. The molecule has 0 amide bonds. The van der Waals surface area contributed by atoms with Gasteiger partial charge in [-0.05, 0) is 23.6 Å². The Morgan fingerprint density at radius 1 is 1.15 bits per heavy atom. The molecule has 1 N–H and O–H groups in total. The van der Waals surface area contributed by atoms with Crippen molar-refractivity contribution in [3.63, 3.8) is 0 Å². The fourth-order valence-corrected chi connectivity index (χ4v) is 3.73. The number of benzene rings is 2. The Hall–Kier alpha value is -2.92. The summed E-state index contributed by atoms with van der Waals surface area (Å²) in [6.07, 6.45) is 0. The summed E-state index contributed by atoms with van der Waals surface area (Å²) in [6.45, 7) is 4.52. The summed E-state index contributed by atoms with van der Waals surface area (Å²) < 4.78 is 5.42. The number of carbonyl (C=O) groups is 1. The number of para-hydroxylation sites is 1. The van der Waals surface area contributed by atoms with E-state index in [9.17, 15) is 4.79 Å². The first-order valence-corrected chi connectivity index (χ1v) is 9.78. The summed E-state index contributed by atoms with van der Waals surface area (Å²) in [5.74, 6) is 0.136. The van der Waals surface area contributed by atoms with E-state index in [4.69, 9.17) is 4.74 Å². The number of nitrogens with zero attached hydrogens (tertiary/aromatic N) is 1. The van der Waals surface area contributed by atoms with Gasteiger partial charge < -0.3 is 9.72 Å². The molecule has 0 saturated carbocycles. The number of nitrogens with one attached hydrogen (secondary N) is 1. The highest BCUT2D eigenvalue weighted by Gasteiger charge is 2.12. The van der Waals surface area contributed by atoms with Gasteiger partial charge in [0.1, 0.15) is 17.3 Å². The van der Waals surface area contributed by atoms with E-state index >= 15 is 0 Å². The maximum Gasteiger partial charge on any atom is 0.355 e. The van der Waals surface area contributed by atoms with E-state index in [1.807, 2.05) is 29.6 Å². The molecular weight excluding hydrogens is 356 g/mol. The van der Waals surface area contributed by atoms with Gasteiger partial charge in [0.2, 0.25) is 0 Å². The molecule has 0 aliphatic heterocycles. The van der Waals surface area contributed by atoms with Crippen LogP contribution in [-0.4, -0.2) is 15.9 Å². The second kappa shape index (κ2) is 7.37. The smallest absolute Gasteiger partial charge is 0.355 e. The van der Waals surface area contributed by atoms with Crippen molar-refractivity contribution in [2.75, 3.05) is 0 Å². The first-order valence-electron chi connectivity index (χ1n) is 8.90. The zero-order valence-electron chi connectivity index (χ0n) is 15.2. The average Bonchev–Trinajstić information content (AvgIpc) is 3.33. The van der Waals surface area contributed by atoms with Gasteiger partial charge in [0, 0.05) is 21.8 Å². The molecule has 2 aromatic heterocycles. The third kappa shape index (κ3) is 3.78. The van der Waals surface area contributed by atoms with Crippen LogP contribution in [0.25, 0.3) is 21.5 Å². The van der Waals surface area contributed by atoms with Gasteiger partial charge in [0.25, 0.3) is 0 Å². The van der Waals surface area contributed by atoms with Crippen molar-refractivity contribution in [3.8, 4) is 10.6 Å². The molecule has 0 unspecified atom stereocenters. The Labute approximate surface area is 161 Å². The van der Waals surface area contributed by atoms with Gasteiger partial charge >= 0.3 is 5.97 Å². The number of thiazole rings is 1. The molecule has 4 nitrogen and oxygen atoms in total.